The van der Waals surface area contributed by atoms with Crippen molar-refractivity contribution in [3.8, 4) is 11.8 Å². The van der Waals surface area contributed by atoms with Gasteiger partial charge in [0.25, 0.3) is 14.1 Å². The fourth-order valence-electron chi connectivity index (χ4n) is 4.20. The number of nitrogens with one attached hydrogen (secondary N) is 2. The maximum Gasteiger partial charge on any atom is 0.330 e. The summed E-state index contributed by atoms with van der Waals surface area (Å²) in [6, 6.07) is 0.276. The molecule has 1 saturated heterocycles. The van der Waals surface area contributed by atoms with E-state index >= 15 is 0 Å². The van der Waals surface area contributed by atoms with Crippen LogP contribution in [0.2, 0.25) is 0 Å². The molecule has 2 heterocycles. The normalized spacial score (nSPS) is 19.4. The molecule has 1 aromatic rings. The maximum absolute atomic E-state index is 12.7. The zero-order chi connectivity index (χ0) is 29.8. The lowest BCUT2D eigenvalue weighted by Gasteiger charge is -2.37. The number of ketones is 1. The number of aromatic nitrogens is 2. The van der Waals surface area contributed by atoms with Gasteiger partial charge in [-0.2, -0.15) is 0 Å². The molecular formula is C27H40N5O7P. The third-order valence-electron chi connectivity index (χ3n) is 6.04. The van der Waals surface area contributed by atoms with E-state index in [9.17, 15) is 19.2 Å². The topological polar surface area (TPSA) is 136 Å². The molecule has 2 rings (SSSR count). The monoisotopic (exact) mass is 577 g/mol. The van der Waals surface area contributed by atoms with Gasteiger partial charge < -0.3 is 28.7 Å². The van der Waals surface area contributed by atoms with Gasteiger partial charge in [0.05, 0.1) is 18.8 Å². The summed E-state index contributed by atoms with van der Waals surface area (Å²) in [6.45, 7) is 19.1. The van der Waals surface area contributed by atoms with E-state index < -0.39 is 26.0 Å². The van der Waals surface area contributed by atoms with E-state index in [0.29, 0.717) is 12.8 Å². The smallest absolute Gasteiger partial charge is 0.330 e. The fourth-order valence-corrected chi connectivity index (χ4v) is 5.95. The summed E-state index contributed by atoms with van der Waals surface area (Å²) >= 11 is 0. The van der Waals surface area contributed by atoms with E-state index in [4.69, 9.17) is 20.4 Å². The molecule has 1 amide bonds. The predicted octanol–water partition coefficient (Wildman–Crippen LogP) is 2.74. The second-order valence-electron chi connectivity index (χ2n) is 9.93. The molecule has 220 valence electrons. The van der Waals surface area contributed by atoms with Crippen LogP contribution in [-0.4, -0.2) is 69.9 Å². The highest BCUT2D eigenvalue weighted by Crippen LogP contribution is 2.50. The molecule has 1 aromatic heterocycles. The number of nitrogens with zero attached hydrogens (tertiary/aromatic N) is 3. The van der Waals surface area contributed by atoms with E-state index in [1.807, 2.05) is 6.92 Å². The predicted molar refractivity (Wildman–Crippen MR) is 151 cm³/mol. The second-order valence-corrected chi connectivity index (χ2v) is 11.3. The quantitative estimate of drug-likeness (QED) is 0.149. The second kappa shape index (κ2) is 16.4. The summed E-state index contributed by atoms with van der Waals surface area (Å²) in [5.74, 6) is 5.00. The summed E-state index contributed by atoms with van der Waals surface area (Å²) in [5, 5.41) is 2.57. The lowest BCUT2D eigenvalue weighted by Crippen LogP contribution is -2.36. The Morgan fingerprint density at radius 2 is 2.00 bits per heavy atom. The Bertz CT molecular complexity index is 1220. The molecule has 0 saturated carbocycles. The number of Topliss-reactive ketones (excluding diaryl/α,β-unsaturated/α-hetero) is 1. The Hall–Kier alpha value is -2.86. The van der Waals surface area contributed by atoms with Crippen molar-refractivity contribution in [1.82, 2.24) is 19.5 Å². The van der Waals surface area contributed by atoms with Gasteiger partial charge in [0.2, 0.25) is 12.5 Å². The van der Waals surface area contributed by atoms with Crippen molar-refractivity contribution in [1.29, 1.82) is 0 Å². The van der Waals surface area contributed by atoms with Crippen molar-refractivity contribution in [3.05, 3.63) is 44.0 Å². The van der Waals surface area contributed by atoms with Crippen LogP contribution in [0.3, 0.4) is 0 Å². The molecule has 2 unspecified atom stereocenters. The molecule has 0 aliphatic carbocycles. The molecule has 0 bridgehead atoms. The van der Waals surface area contributed by atoms with Crippen LogP contribution in [-0.2, 0) is 23.4 Å². The van der Waals surface area contributed by atoms with Crippen molar-refractivity contribution in [2.24, 2.45) is 0 Å². The lowest BCUT2D eigenvalue weighted by molar-refractivity contribution is -0.124. The van der Waals surface area contributed by atoms with Crippen LogP contribution < -0.4 is 16.6 Å². The first-order chi connectivity index (χ1) is 19.0. The van der Waals surface area contributed by atoms with Gasteiger partial charge in [-0.25, -0.2) is 16.0 Å². The highest BCUT2D eigenvalue weighted by Gasteiger charge is 2.40. The molecule has 1 aliphatic rings. The highest BCUT2D eigenvalue weighted by atomic mass is 31.2. The van der Waals surface area contributed by atoms with Gasteiger partial charge in [0, 0.05) is 37.5 Å². The van der Waals surface area contributed by atoms with Crippen LogP contribution in [0.15, 0.2) is 15.8 Å². The van der Waals surface area contributed by atoms with E-state index in [2.05, 4.69) is 59.4 Å². The molecule has 0 aromatic carbocycles. The molecule has 12 nitrogen and oxygen atoms in total. The van der Waals surface area contributed by atoms with Crippen LogP contribution in [0, 0.1) is 18.4 Å². The molecule has 1 fully saturated rings. The Morgan fingerprint density at radius 1 is 1.30 bits per heavy atom. The average molecular weight is 578 g/mol. The number of rotatable bonds is 14. The first-order valence-electron chi connectivity index (χ1n) is 13.5. The van der Waals surface area contributed by atoms with Gasteiger partial charge in [-0.1, -0.05) is 18.8 Å². The van der Waals surface area contributed by atoms with Crippen LogP contribution >= 0.6 is 8.53 Å². The average Bonchev–Trinajstić information content (AvgIpc) is 3.28. The van der Waals surface area contributed by atoms with E-state index in [0.717, 1.165) is 0 Å². The summed E-state index contributed by atoms with van der Waals surface area (Å²) in [6.07, 6.45) is 1.15. The molecule has 1 aliphatic heterocycles. The number of carbonyl (C=O) groups excluding carboxylic acids is 2. The standard InChI is InChI=1S/C27H40N5O7P/c1-8-22-23(39-40(37-15-14-28-7)32(18(2)3)19(4)5)16-25(38-22)31-17-21(26(35)30-27(31)36)10-9-13-29-24(34)12-11-20(6)33/h17-19,22-23,25H,8,11-16H2,1-6H3,(H,29,34)(H,30,35,36)/t22-,23+,25?,40?/m1/s1. The summed E-state index contributed by atoms with van der Waals surface area (Å²) < 4.78 is 22.2. The van der Waals surface area contributed by atoms with Crippen LogP contribution in [0.4, 0.5) is 0 Å². The van der Waals surface area contributed by atoms with Crippen LogP contribution in [0.25, 0.3) is 4.85 Å². The number of amides is 1. The van der Waals surface area contributed by atoms with Gasteiger partial charge in [-0.3, -0.25) is 19.1 Å². The minimum Gasteiger partial charge on any atom is -0.352 e. The minimum absolute atomic E-state index is 0.0116. The first-order valence-corrected chi connectivity index (χ1v) is 14.6. The SMILES string of the molecule is [C-]#[N+]CCOP(O[C@H]1CC(n2cc(C#CCNC(=O)CCC(C)=O)c(=O)[nH]c2=O)O[C@@H]1CC)N(C(C)C)C(C)C. The molecule has 13 heteroatoms. The van der Waals surface area contributed by atoms with Gasteiger partial charge in [-0.05, 0) is 41.0 Å². The van der Waals surface area contributed by atoms with Crippen LogP contribution in [0.1, 0.15) is 79.0 Å². The van der Waals surface area contributed by atoms with Crippen molar-refractivity contribution in [3.63, 3.8) is 0 Å². The highest BCUT2D eigenvalue weighted by molar-refractivity contribution is 7.44. The Kier molecular flexibility index (Phi) is 13.7. The van der Waals surface area contributed by atoms with E-state index in [-0.39, 0.29) is 74.1 Å². The molecule has 0 radical (unpaired) electrons. The van der Waals surface area contributed by atoms with Crippen molar-refractivity contribution in [2.45, 2.75) is 97.7 Å². The third kappa shape index (κ3) is 9.96. The summed E-state index contributed by atoms with van der Waals surface area (Å²) in [4.78, 5) is 53.5. The fraction of sp³-hybridized carbons (Fsp3) is 0.667. The number of H-pyrrole nitrogens is 1. The summed E-state index contributed by atoms with van der Waals surface area (Å²) in [5.41, 5.74) is -1.22. The number of aromatic amines is 1. The van der Waals surface area contributed by atoms with E-state index in [1.54, 1.807) is 0 Å². The zero-order valence-electron chi connectivity index (χ0n) is 24.1. The van der Waals surface area contributed by atoms with Gasteiger partial charge in [0.15, 0.2) is 0 Å². The third-order valence-corrected chi connectivity index (χ3v) is 8.19. The van der Waals surface area contributed by atoms with Gasteiger partial charge >= 0.3 is 5.69 Å². The number of carbonyl (C=O) groups is 2. The molecular weight excluding hydrogens is 537 g/mol. The Labute approximate surface area is 236 Å². The van der Waals surface area contributed by atoms with Gasteiger partial charge in [0.1, 0.15) is 24.2 Å². The van der Waals surface area contributed by atoms with Gasteiger partial charge in [-0.15, -0.1) is 0 Å². The van der Waals surface area contributed by atoms with E-state index in [1.165, 1.54) is 17.7 Å². The largest absolute Gasteiger partial charge is 0.352 e. The number of ether oxygens (including phenoxy) is 1. The lowest BCUT2D eigenvalue weighted by atomic mass is 10.1. The minimum atomic E-state index is -1.50. The maximum atomic E-state index is 12.7. The summed E-state index contributed by atoms with van der Waals surface area (Å²) in [7, 11) is -1.50. The zero-order valence-corrected chi connectivity index (χ0v) is 25.0. The molecule has 2 N–H and O–H groups in total. The van der Waals surface area contributed by atoms with Crippen LogP contribution in [0.5, 0.6) is 0 Å². The number of hydrogen-bond donors (Lipinski definition) is 2. The molecule has 40 heavy (non-hydrogen) atoms. The first kappa shape index (κ1) is 33.3. The molecule has 0 spiro atoms. The molecule has 4 atom stereocenters. The number of hydrogen-bond acceptors (Lipinski definition) is 8. The van der Waals surface area contributed by atoms with Crippen molar-refractivity contribution in [2.75, 3.05) is 19.7 Å². The Balaban J connectivity index is 2.20. The van der Waals surface area contributed by atoms with Crippen molar-refractivity contribution < 1.29 is 23.4 Å². The Morgan fingerprint density at radius 3 is 2.60 bits per heavy atom. The van der Waals surface area contributed by atoms with Crippen molar-refractivity contribution >= 4 is 20.2 Å².